The van der Waals surface area contributed by atoms with Crippen LogP contribution >= 0.6 is 22.9 Å². The Hall–Kier alpha value is -1.71. The molecule has 0 aliphatic carbocycles. The molecule has 1 fully saturated rings. The third-order valence-corrected chi connectivity index (χ3v) is 6.95. The van der Waals surface area contributed by atoms with Crippen LogP contribution < -0.4 is 5.32 Å². The van der Waals surface area contributed by atoms with Crippen molar-refractivity contribution in [1.82, 2.24) is 4.31 Å². The Morgan fingerprint density at radius 3 is 2.73 bits per heavy atom. The van der Waals surface area contributed by atoms with Gasteiger partial charge in [-0.1, -0.05) is 17.7 Å². The third kappa shape index (κ3) is 4.52. The van der Waals surface area contributed by atoms with Crippen molar-refractivity contribution < 1.29 is 17.9 Å². The molecule has 1 N–H and O–H groups in total. The molecule has 0 unspecified atom stereocenters. The Bertz CT molecular complexity index is 905. The third-order valence-electron chi connectivity index (χ3n) is 3.73. The second-order valence-corrected chi connectivity index (χ2v) is 8.79. The number of nitrogens with zero attached hydrogens (tertiary/aromatic N) is 1. The molecule has 0 bridgehead atoms. The highest BCUT2D eigenvalue weighted by molar-refractivity contribution is 7.89. The molecule has 26 heavy (non-hydrogen) atoms. The summed E-state index contributed by atoms with van der Waals surface area (Å²) in [7, 11) is -3.75. The Morgan fingerprint density at radius 2 is 2.04 bits per heavy atom. The topological polar surface area (TPSA) is 75.7 Å². The van der Waals surface area contributed by atoms with Crippen LogP contribution in [0.4, 0.5) is 5.69 Å². The Morgan fingerprint density at radius 1 is 1.27 bits per heavy atom. The zero-order valence-corrected chi connectivity index (χ0v) is 16.1. The van der Waals surface area contributed by atoms with Crippen molar-refractivity contribution in [1.29, 1.82) is 0 Å². The molecule has 3 rings (SSSR count). The molecule has 138 valence electrons. The average Bonchev–Trinajstić information content (AvgIpc) is 3.16. The van der Waals surface area contributed by atoms with E-state index in [9.17, 15) is 13.2 Å². The number of ether oxygens (including phenoxy) is 1. The number of nitrogens with one attached hydrogen (secondary N) is 1. The van der Waals surface area contributed by atoms with Gasteiger partial charge in [0.25, 0.3) is 0 Å². The van der Waals surface area contributed by atoms with E-state index in [0.717, 1.165) is 4.88 Å². The van der Waals surface area contributed by atoms with Crippen LogP contribution in [0.1, 0.15) is 4.88 Å². The van der Waals surface area contributed by atoms with Gasteiger partial charge in [0.1, 0.15) is 4.90 Å². The summed E-state index contributed by atoms with van der Waals surface area (Å²) < 4.78 is 32.1. The monoisotopic (exact) mass is 412 g/mol. The summed E-state index contributed by atoms with van der Waals surface area (Å²) in [5.41, 5.74) is 0.363. The van der Waals surface area contributed by atoms with E-state index in [2.05, 4.69) is 5.32 Å². The highest BCUT2D eigenvalue weighted by atomic mass is 35.5. The Labute approximate surface area is 161 Å². The quantitative estimate of drug-likeness (QED) is 0.766. The SMILES string of the molecule is O=C(/C=C/c1cccs1)Nc1ccc(Cl)c(S(=O)(=O)N2CCOCC2)c1. The van der Waals surface area contributed by atoms with Crippen molar-refractivity contribution in [3.8, 4) is 0 Å². The number of rotatable bonds is 5. The van der Waals surface area contributed by atoms with Crippen LogP contribution in [0.2, 0.25) is 5.02 Å². The van der Waals surface area contributed by atoms with Crippen LogP contribution in [-0.2, 0) is 19.6 Å². The number of hydrogen-bond acceptors (Lipinski definition) is 5. The number of carbonyl (C=O) groups excluding carboxylic acids is 1. The predicted octanol–water partition coefficient (Wildman–Crippen LogP) is 3.07. The summed E-state index contributed by atoms with van der Waals surface area (Å²) in [6.07, 6.45) is 3.10. The molecule has 2 aromatic rings. The van der Waals surface area contributed by atoms with Crippen LogP contribution in [0.15, 0.2) is 46.7 Å². The zero-order chi connectivity index (χ0) is 18.6. The predicted molar refractivity (Wildman–Crippen MR) is 103 cm³/mol. The van der Waals surface area contributed by atoms with Gasteiger partial charge in [0.15, 0.2) is 0 Å². The second-order valence-electron chi connectivity index (χ2n) is 5.50. The molecule has 6 nitrogen and oxygen atoms in total. The summed E-state index contributed by atoms with van der Waals surface area (Å²) >= 11 is 7.62. The van der Waals surface area contributed by atoms with E-state index in [4.69, 9.17) is 16.3 Å². The molecule has 9 heteroatoms. The second kappa shape index (κ2) is 8.32. The molecular formula is C17H17ClN2O4S2. The van der Waals surface area contributed by atoms with Gasteiger partial charge in [-0.05, 0) is 35.7 Å². The van der Waals surface area contributed by atoms with Crippen LogP contribution in [-0.4, -0.2) is 44.9 Å². The van der Waals surface area contributed by atoms with Crippen molar-refractivity contribution in [2.24, 2.45) is 0 Å². The number of sulfonamides is 1. The lowest BCUT2D eigenvalue weighted by Gasteiger charge is -2.26. The molecule has 1 aliphatic rings. The van der Waals surface area contributed by atoms with E-state index in [0.29, 0.717) is 18.9 Å². The molecule has 1 aromatic heterocycles. The van der Waals surface area contributed by atoms with E-state index in [1.54, 1.807) is 12.1 Å². The van der Waals surface area contributed by atoms with Crippen molar-refractivity contribution in [3.63, 3.8) is 0 Å². The first-order valence-corrected chi connectivity index (χ1v) is 10.6. The average molecular weight is 413 g/mol. The van der Waals surface area contributed by atoms with Crippen LogP contribution in [0, 0.1) is 0 Å². The molecule has 1 amide bonds. The summed E-state index contributed by atoms with van der Waals surface area (Å²) in [5.74, 6) is -0.351. The molecule has 1 aliphatic heterocycles. The summed E-state index contributed by atoms with van der Waals surface area (Å²) in [6, 6.07) is 8.20. The standard InChI is InChI=1S/C17H17ClN2O4S2/c18-15-5-3-13(19-17(21)6-4-14-2-1-11-25-14)12-16(15)26(22,23)20-7-9-24-10-8-20/h1-6,11-12H,7-10H2,(H,19,21)/b6-4+. The highest BCUT2D eigenvalue weighted by Crippen LogP contribution is 2.28. The van der Waals surface area contributed by atoms with Gasteiger partial charge in [0.2, 0.25) is 15.9 Å². The maximum Gasteiger partial charge on any atom is 0.248 e. The number of halogens is 1. The van der Waals surface area contributed by atoms with E-state index in [-0.39, 0.29) is 28.9 Å². The smallest absolute Gasteiger partial charge is 0.248 e. The molecule has 2 heterocycles. The van der Waals surface area contributed by atoms with Gasteiger partial charge in [-0.2, -0.15) is 4.31 Å². The summed E-state index contributed by atoms with van der Waals surface area (Å²) in [5, 5.41) is 4.69. The number of amides is 1. The van der Waals surface area contributed by atoms with Gasteiger partial charge < -0.3 is 10.1 Å². The minimum absolute atomic E-state index is 0.0268. The van der Waals surface area contributed by atoms with Gasteiger partial charge >= 0.3 is 0 Å². The first kappa shape index (κ1) is 19.1. The van der Waals surface area contributed by atoms with Crippen molar-refractivity contribution >= 4 is 50.6 Å². The summed E-state index contributed by atoms with van der Waals surface area (Å²) in [6.45, 7) is 1.25. The fourth-order valence-electron chi connectivity index (χ4n) is 2.43. The lowest BCUT2D eigenvalue weighted by molar-refractivity contribution is -0.111. The highest BCUT2D eigenvalue weighted by Gasteiger charge is 2.28. The minimum atomic E-state index is -3.75. The Kier molecular flexibility index (Phi) is 6.10. The number of morpholine rings is 1. The van der Waals surface area contributed by atoms with Gasteiger partial charge in [0, 0.05) is 29.7 Å². The fourth-order valence-corrected chi connectivity index (χ4v) is 4.96. The van der Waals surface area contributed by atoms with Crippen molar-refractivity contribution in [2.75, 3.05) is 31.6 Å². The largest absolute Gasteiger partial charge is 0.379 e. The minimum Gasteiger partial charge on any atom is -0.379 e. The molecule has 0 spiro atoms. The van der Waals surface area contributed by atoms with Crippen LogP contribution in [0.3, 0.4) is 0 Å². The first-order chi connectivity index (χ1) is 12.5. The van der Waals surface area contributed by atoms with Gasteiger partial charge in [-0.25, -0.2) is 8.42 Å². The molecule has 0 radical (unpaired) electrons. The van der Waals surface area contributed by atoms with E-state index in [1.807, 2.05) is 17.5 Å². The molecular weight excluding hydrogens is 396 g/mol. The van der Waals surface area contributed by atoms with Gasteiger partial charge in [0.05, 0.1) is 18.2 Å². The lowest BCUT2D eigenvalue weighted by atomic mass is 10.3. The maximum atomic E-state index is 12.8. The number of benzene rings is 1. The molecule has 1 aromatic carbocycles. The van der Waals surface area contributed by atoms with E-state index < -0.39 is 10.0 Å². The van der Waals surface area contributed by atoms with Crippen molar-refractivity contribution in [3.05, 3.63) is 51.7 Å². The van der Waals surface area contributed by atoms with Crippen LogP contribution in [0.25, 0.3) is 6.08 Å². The van der Waals surface area contributed by atoms with Gasteiger partial charge in [-0.3, -0.25) is 4.79 Å². The normalized spacial score (nSPS) is 16.0. The fraction of sp³-hybridized carbons (Fsp3) is 0.235. The number of anilines is 1. The number of carbonyl (C=O) groups is 1. The summed E-state index contributed by atoms with van der Waals surface area (Å²) in [4.78, 5) is 13.0. The molecule has 1 saturated heterocycles. The lowest BCUT2D eigenvalue weighted by Crippen LogP contribution is -2.40. The van der Waals surface area contributed by atoms with Gasteiger partial charge in [-0.15, -0.1) is 11.3 Å². The number of hydrogen-bond donors (Lipinski definition) is 1. The Balaban J connectivity index is 1.78. The zero-order valence-electron chi connectivity index (χ0n) is 13.7. The first-order valence-electron chi connectivity index (χ1n) is 7.87. The number of thiophene rings is 1. The van der Waals surface area contributed by atoms with Crippen LogP contribution in [0.5, 0.6) is 0 Å². The van der Waals surface area contributed by atoms with E-state index in [1.165, 1.54) is 33.9 Å². The molecule has 0 saturated carbocycles. The molecule has 0 atom stereocenters. The maximum absolute atomic E-state index is 12.8. The van der Waals surface area contributed by atoms with E-state index >= 15 is 0 Å². The van der Waals surface area contributed by atoms with Crippen molar-refractivity contribution in [2.45, 2.75) is 4.90 Å².